The van der Waals surface area contributed by atoms with Gasteiger partial charge >= 0.3 is 0 Å². The van der Waals surface area contributed by atoms with Crippen LogP contribution in [0.3, 0.4) is 0 Å². The molecule has 1 aliphatic rings. The molecule has 60 valence electrons. The molecule has 1 unspecified atom stereocenters. The summed E-state index contributed by atoms with van der Waals surface area (Å²) in [4.78, 5) is 0. The van der Waals surface area contributed by atoms with E-state index in [2.05, 4.69) is 10.2 Å². The van der Waals surface area contributed by atoms with Crippen molar-refractivity contribution in [2.45, 2.75) is 25.4 Å². The molecule has 0 spiro atoms. The summed E-state index contributed by atoms with van der Waals surface area (Å²) in [5.41, 5.74) is 0.856. The van der Waals surface area contributed by atoms with Crippen LogP contribution in [0.1, 0.15) is 31.1 Å². The highest BCUT2D eigenvalue weighted by Crippen LogP contribution is 2.36. The Kier molecular flexibility index (Phi) is 1.66. The number of H-pyrrole nitrogens is 1. The molecule has 2 N–H and O–H groups in total. The summed E-state index contributed by atoms with van der Waals surface area (Å²) >= 11 is 0. The Morgan fingerprint density at radius 3 is 2.91 bits per heavy atom. The molecular formula is C8H12N2O. The highest BCUT2D eigenvalue weighted by atomic mass is 16.3. The summed E-state index contributed by atoms with van der Waals surface area (Å²) < 4.78 is 0. The molecule has 1 saturated carbocycles. The van der Waals surface area contributed by atoms with Crippen LogP contribution in [-0.2, 0) is 0 Å². The van der Waals surface area contributed by atoms with E-state index in [-0.39, 0.29) is 6.10 Å². The van der Waals surface area contributed by atoms with Gasteiger partial charge in [0.05, 0.1) is 11.8 Å². The van der Waals surface area contributed by atoms with Crippen LogP contribution in [0.4, 0.5) is 0 Å². The van der Waals surface area contributed by atoms with Gasteiger partial charge in [0.1, 0.15) is 0 Å². The quantitative estimate of drug-likeness (QED) is 0.669. The number of aromatic amines is 1. The number of nitrogens with one attached hydrogen (secondary N) is 1. The van der Waals surface area contributed by atoms with E-state index in [0.717, 1.165) is 18.5 Å². The zero-order valence-electron chi connectivity index (χ0n) is 6.33. The molecule has 0 aromatic carbocycles. The van der Waals surface area contributed by atoms with Crippen molar-refractivity contribution in [2.24, 2.45) is 5.92 Å². The van der Waals surface area contributed by atoms with Crippen LogP contribution in [0.2, 0.25) is 0 Å². The largest absolute Gasteiger partial charge is 0.387 e. The summed E-state index contributed by atoms with van der Waals surface area (Å²) in [6.45, 7) is 0. The first kappa shape index (κ1) is 6.85. The molecule has 2 rings (SSSR count). The summed E-state index contributed by atoms with van der Waals surface area (Å²) in [6.07, 6.45) is 4.93. The summed E-state index contributed by atoms with van der Waals surface area (Å²) in [6, 6.07) is 1.84. The molecule has 1 atom stereocenters. The van der Waals surface area contributed by atoms with Gasteiger partial charge in [-0.15, -0.1) is 0 Å². The maximum absolute atomic E-state index is 9.66. The summed E-state index contributed by atoms with van der Waals surface area (Å²) in [7, 11) is 0. The molecule has 0 bridgehead atoms. The zero-order chi connectivity index (χ0) is 7.68. The third kappa shape index (κ3) is 1.16. The van der Waals surface area contributed by atoms with Gasteiger partial charge < -0.3 is 5.11 Å². The molecule has 0 amide bonds. The number of aliphatic hydroxyl groups excluding tert-OH is 1. The van der Waals surface area contributed by atoms with E-state index < -0.39 is 0 Å². The predicted octanol–water partition coefficient (Wildman–Crippen LogP) is 1.24. The molecule has 3 nitrogen and oxygen atoms in total. The first-order valence-corrected chi connectivity index (χ1v) is 4.05. The SMILES string of the molecule is OC(c1ccn[nH]1)C1CCC1. The Morgan fingerprint density at radius 1 is 1.64 bits per heavy atom. The molecule has 11 heavy (non-hydrogen) atoms. The second-order valence-corrected chi connectivity index (χ2v) is 3.15. The van der Waals surface area contributed by atoms with Gasteiger partial charge in [-0.1, -0.05) is 6.42 Å². The van der Waals surface area contributed by atoms with Gasteiger partial charge in [-0.3, -0.25) is 5.10 Å². The molecule has 0 saturated heterocycles. The van der Waals surface area contributed by atoms with Crippen LogP contribution >= 0.6 is 0 Å². The molecule has 0 aliphatic heterocycles. The van der Waals surface area contributed by atoms with Crippen LogP contribution < -0.4 is 0 Å². The van der Waals surface area contributed by atoms with Gasteiger partial charge in [0.15, 0.2) is 0 Å². The molecule has 1 heterocycles. The molecular weight excluding hydrogens is 140 g/mol. The van der Waals surface area contributed by atoms with Crippen molar-refractivity contribution in [3.63, 3.8) is 0 Å². The minimum Gasteiger partial charge on any atom is -0.387 e. The third-order valence-electron chi connectivity index (χ3n) is 2.44. The van der Waals surface area contributed by atoms with Crippen LogP contribution in [0.25, 0.3) is 0 Å². The highest BCUT2D eigenvalue weighted by Gasteiger charge is 2.27. The van der Waals surface area contributed by atoms with E-state index >= 15 is 0 Å². The lowest BCUT2D eigenvalue weighted by atomic mass is 9.80. The van der Waals surface area contributed by atoms with Crippen LogP contribution in [0.5, 0.6) is 0 Å². The van der Waals surface area contributed by atoms with E-state index in [9.17, 15) is 5.11 Å². The average Bonchev–Trinajstić information content (AvgIpc) is 2.32. The van der Waals surface area contributed by atoms with Gasteiger partial charge in [-0.25, -0.2) is 0 Å². The molecule has 1 aromatic rings. The minimum absolute atomic E-state index is 0.314. The number of aliphatic hydroxyl groups is 1. The van der Waals surface area contributed by atoms with E-state index in [0.29, 0.717) is 5.92 Å². The van der Waals surface area contributed by atoms with Crippen molar-refractivity contribution in [1.29, 1.82) is 0 Å². The number of aromatic nitrogens is 2. The standard InChI is InChI=1S/C8H12N2O/c11-8(6-2-1-3-6)7-4-5-9-10-7/h4-6,8,11H,1-3H2,(H,9,10). The van der Waals surface area contributed by atoms with Crippen molar-refractivity contribution in [3.8, 4) is 0 Å². The normalized spacial score (nSPS) is 21.2. The van der Waals surface area contributed by atoms with Crippen LogP contribution in [0.15, 0.2) is 12.3 Å². The second kappa shape index (κ2) is 2.66. The molecule has 1 aliphatic carbocycles. The van der Waals surface area contributed by atoms with Gasteiger partial charge in [-0.05, 0) is 24.8 Å². The lowest BCUT2D eigenvalue weighted by Gasteiger charge is -2.29. The Morgan fingerprint density at radius 2 is 2.45 bits per heavy atom. The fraction of sp³-hybridized carbons (Fsp3) is 0.625. The van der Waals surface area contributed by atoms with Gasteiger partial charge in [-0.2, -0.15) is 5.10 Å². The lowest BCUT2D eigenvalue weighted by Crippen LogP contribution is -2.20. The topological polar surface area (TPSA) is 48.9 Å². The first-order chi connectivity index (χ1) is 5.38. The van der Waals surface area contributed by atoms with Crippen LogP contribution in [0, 0.1) is 5.92 Å². The van der Waals surface area contributed by atoms with Crippen molar-refractivity contribution in [2.75, 3.05) is 0 Å². The summed E-state index contributed by atoms with van der Waals surface area (Å²) in [5.74, 6) is 0.468. The monoisotopic (exact) mass is 152 g/mol. The van der Waals surface area contributed by atoms with Gasteiger partial charge in [0, 0.05) is 6.20 Å². The van der Waals surface area contributed by atoms with E-state index in [1.807, 2.05) is 6.07 Å². The van der Waals surface area contributed by atoms with E-state index in [1.54, 1.807) is 6.20 Å². The molecule has 1 aromatic heterocycles. The Bertz CT molecular complexity index is 216. The lowest BCUT2D eigenvalue weighted by molar-refractivity contribution is 0.0586. The summed E-state index contributed by atoms with van der Waals surface area (Å²) in [5, 5.41) is 16.2. The van der Waals surface area contributed by atoms with Gasteiger partial charge in [0.2, 0.25) is 0 Å². The molecule has 0 radical (unpaired) electrons. The minimum atomic E-state index is -0.314. The van der Waals surface area contributed by atoms with E-state index in [1.165, 1.54) is 6.42 Å². The van der Waals surface area contributed by atoms with Crippen molar-refractivity contribution < 1.29 is 5.11 Å². The van der Waals surface area contributed by atoms with Crippen molar-refractivity contribution >= 4 is 0 Å². The highest BCUT2D eigenvalue weighted by molar-refractivity contribution is 5.04. The average molecular weight is 152 g/mol. The smallest absolute Gasteiger partial charge is 0.0982 e. The Hall–Kier alpha value is -0.830. The number of rotatable bonds is 2. The Labute approximate surface area is 65.4 Å². The second-order valence-electron chi connectivity index (χ2n) is 3.15. The van der Waals surface area contributed by atoms with Crippen molar-refractivity contribution in [3.05, 3.63) is 18.0 Å². The number of nitrogens with zero attached hydrogens (tertiary/aromatic N) is 1. The molecule has 1 fully saturated rings. The first-order valence-electron chi connectivity index (χ1n) is 4.05. The van der Waals surface area contributed by atoms with Gasteiger partial charge in [0.25, 0.3) is 0 Å². The number of hydrogen-bond acceptors (Lipinski definition) is 2. The molecule has 3 heteroatoms. The maximum atomic E-state index is 9.66. The number of hydrogen-bond donors (Lipinski definition) is 2. The fourth-order valence-electron chi connectivity index (χ4n) is 1.44. The fourth-order valence-corrected chi connectivity index (χ4v) is 1.44. The third-order valence-corrected chi connectivity index (χ3v) is 2.44. The van der Waals surface area contributed by atoms with E-state index in [4.69, 9.17) is 0 Å². The zero-order valence-corrected chi connectivity index (χ0v) is 6.33. The maximum Gasteiger partial charge on any atom is 0.0982 e. The van der Waals surface area contributed by atoms with Crippen molar-refractivity contribution in [1.82, 2.24) is 10.2 Å². The Balaban J connectivity index is 2.04. The predicted molar refractivity (Wildman–Crippen MR) is 40.9 cm³/mol. The van der Waals surface area contributed by atoms with Crippen LogP contribution in [-0.4, -0.2) is 15.3 Å².